The Hall–Kier alpha value is 2.44. The monoisotopic (exact) mass is 991 g/mol. The van der Waals surface area contributed by atoms with E-state index >= 15 is 0 Å². The number of benzene rings is 1. The summed E-state index contributed by atoms with van der Waals surface area (Å²) in [5.41, 5.74) is 1.32. The Morgan fingerprint density at radius 3 is 0.732 bits per heavy atom. The van der Waals surface area contributed by atoms with Gasteiger partial charge in [-0.3, -0.25) is 0 Å². The van der Waals surface area contributed by atoms with Crippen molar-refractivity contribution in [1.82, 2.24) is 0 Å². The summed E-state index contributed by atoms with van der Waals surface area (Å²) in [7, 11) is -7.83. The first-order valence-corrected chi connectivity index (χ1v) is 39.7. The number of rotatable bonds is 7. The van der Waals surface area contributed by atoms with Crippen LogP contribution in [0.3, 0.4) is 0 Å². The average molecular weight is 993 g/mol. The van der Waals surface area contributed by atoms with Crippen molar-refractivity contribution in [3.8, 4) is 0 Å². The molecule has 0 radical (unpaired) electrons. The van der Waals surface area contributed by atoms with Crippen molar-refractivity contribution < 1.29 is 118 Å². The zero-order valence-electron chi connectivity index (χ0n) is 39.9. The SMILES string of the molecule is C1COCCOCCOCCOCCOCCO1.C=C([O-])[Si](C)(C)[N-][Si](C)(C)C.C[Si](C)(C)[N-][Si](C)(C)C.C[Si](C)(C)[N-][Si](C)(C)C.Cc1ccccc1.[K+].[Y+3]. The van der Waals surface area contributed by atoms with Crippen molar-refractivity contribution in [2.24, 2.45) is 0 Å². The topological polar surface area (TPSA) is 121 Å². The fraction of sp³-hybridized carbons (Fsp3) is 0.789. The van der Waals surface area contributed by atoms with Crippen LogP contribution in [0.2, 0.25) is 111 Å². The summed E-state index contributed by atoms with van der Waals surface area (Å²) >= 11 is 0. The predicted molar refractivity (Wildman–Crippen MR) is 250 cm³/mol. The van der Waals surface area contributed by atoms with Gasteiger partial charge in [-0.1, -0.05) is 197 Å². The Bertz CT molecular complexity index is 915. The van der Waals surface area contributed by atoms with Gasteiger partial charge in [0.25, 0.3) is 0 Å². The molecule has 0 atom stereocenters. The largest absolute Gasteiger partial charge is 3.00 e. The molecule has 0 saturated carbocycles. The Balaban J connectivity index is -0.000000200. The van der Waals surface area contributed by atoms with Gasteiger partial charge < -0.3 is 47.5 Å². The molecule has 56 heavy (non-hydrogen) atoms. The van der Waals surface area contributed by atoms with Gasteiger partial charge in [0.1, 0.15) is 0 Å². The van der Waals surface area contributed by atoms with E-state index in [4.69, 9.17) is 37.7 Å². The van der Waals surface area contributed by atoms with Crippen molar-refractivity contribution in [3.63, 3.8) is 0 Å². The minimum Gasteiger partial charge on any atom is -0.880 e. The fourth-order valence-corrected chi connectivity index (χ4v) is 28.1. The number of aryl methyl sites for hydroxylation is 1. The van der Waals surface area contributed by atoms with Gasteiger partial charge in [0, 0.05) is 0 Å². The quantitative estimate of drug-likeness (QED) is 0.214. The molecule has 0 amide bonds. The third-order valence-electron chi connectivity index (χ3n) is 5.81. The molecule has 1 saturated heterocycles. The second-order valence-electron chi connectivity index (χ2n) is 18.5. The van der Waals surface area contributed by atoms with Gasteiger partial charge in [-0.2, -0.15) is 5.38 Å². The minimum atomic E-state index is -1.98. The van der Waals surface area contributed by atoms with E-state index in [2.05, 4.69) is 128 Å². The standard InChI is InChI=1S/C12H24O6.C7H18NOSi2.C7H8.2C6H18NSi2.K.Y/c1-2-14-5-6-16-9-10-18-12-11-17-8-7-15-4-3-13-1;1-7(9)11(5,6)8-10(2,3)4;1-7-5-3-2-4-6-7;2*1-8(2,3)7-9(4,5)6;;/h1-12H2;9H,1H2,2-6H3;2-6H,1H3;2*1-6H3;;/q;-1;;2*-1;+1;+3/p-1. The Morgan fingerprint density at radius 2 is 0.643 bits per heavy atom. The molecule has 0 aliphatic carbocycles. The third kappa shape index (κ3) is 63.1. The van der Waals surface area contributed by atoms with Crippen LogP contribution in [0, 0.1) is 6.92 Å². The van der Waals surface area contributed by atoms with Gasteiger partial charge in [-0.05, 0) is 6.92 Å². The van der Waals surface area contributed by atoms with Crippen molar-refractivity contribution in [2.75, 3.05) is 79.3 Å². The van der Waals surface area contributed by atoms with E-state index in [1.54, 1.807) is 0 Å². The first-order valence-electron chi connectivity index (χ1n) is 19.5. The molecule has 1 aromatic carbocycles. The van der Waals surface area contributed by atoms with Crippen molar-refractivity contribution in [1.29, 1.82) is 0 Å². The van der Waals surface area contributed by atoms with Crippen LogP contribution in [0.4, 0.5) is 0 Å². The van der Waals surface area contributed by atoms with E-state index in [1.807, 2.05) is 31.3 Å². The van der Waals surface area contributed by atoms with Crippen LogP contribution >= 0.6 is 0 Å². The summed E-state index contributed by atoms with van der Waals surface area (Å²) in [6.07, 6.45) is 0. The van der Waals surface area contributed by atoms with E-state index in [0.29, 0.717) is 79.3 Å². The smallest absolute Gasteiger partial charge is 0.880 e. The van der Waals surface area contributed by atoms with E-state index in [0.717, 1.165) is 0 Å². The van der Waals surface area contributed by atoms with Crippen molar-refractivity contribution >= 4 is 49.4 Å². The molecular weight excluding hydrogens is 907 g/mol. The summed E-state index contributed by atoms with van der Waals surface area (Å²) in [6, 6.07) is 10.3. The van der Waals surface area contributed by atoms with Crippen LogP contribution < -0.4 is 56.5 Å². The molecule has 1 fully saturated rings. The van der Waals surface area contributed by atoms with Gasteiger partial charge in [0.2, 0.25) is 0 Å². The average Bonchev–Trinajstić information content (AvgIpc) is 2.94. The zero-order valence-corrected chi connectivity index (χ0v) is 51.8. The molecule has 0 N–H and O–H groups in total. The molecule has 0 bridgehead atoms. The summed E-state index contributed by atoms with van der Waals surface area (Å²) in [5, 5.41) is 11.1. The van der Waals surface area contributed by atoms with E-state index < -0.39 is 49.4 Å². The van der Waals surface area contributed by atoms with E-state index in [9.17, 15) is 5.11 Å². The molecule has 18 heteroatoms. The molecule has 0 aromatic heterocycles. The van der Waals surface area contributed by atoms with Crippen LogP contribution in [0.25, 0.3) is 13.9 Å². The van der Waals surface area contributed by atoms with E-state index in [-0.39, 0.29) is 89.5 Å². The number of hydrogen-bond acceptors (Lipinski definition) is 7. The Labute approximate surface area is 421 Å². The third-order valence-corrected chi connectivity index (χ3v) is 22.8. The second-order valence-corrected chi connectivity index (χ2v) is 46.6. The van der Waals surface area contributed by atoms with Crippen LogP contribution in [0.15, 0.2) is 42.3 Å². The minimum absolute atomic E-state index is 0. The molecule has 322 valence electrons. The van der Waals surface area contributed by atoms with Gasteiger partial charge in [-0.25, -0.2) is 0 Å². The van der Waals surface area contributed by atoms with Crippen LogP contribution in [0.1, 0.15) is 5.56 Å². The zero-order chi connectivity index (χ0) is 42.5. The van der Waals surface area contributed by atoms with Gasteiger partial charge in [-0.15, -0.1) is 6.58 Å². The fourth-order valence-electron chi connectivity index (χ4n) is 4.77. The molecule has 0 spiro atoms. The summed E-state index contributed by atoms with van der Waals surface area (Å²) in [5.74, 6) is 0. The predicted octanol–water partition coefficient (Wildman–Crippen LogP) is 6.97. The van der Waals surface area contributed by atoms with Crippen molar-refractivity contribution in [3.05, 3.63) is 61.8 Å². The molecular formula is C38H85KN3O7Si6Y. The van der Waals surface area contributed by atoms with Crippen LogP contribution in [-0.4, -0.2) is 129 Å². The van der Waals surface area contributed by atoms with Crippen molar-refractivity contribution in [2.45, 2.75) is 118 Å². The van der Waals surface area contributed by atoms with Gasteiger partial charge >= 0.3 is 84.1 Å². The van der Waals surface area contributed by atoms with Gasteiger partial charge in [0.05, 0.1) is 79.3 Å². The molecule has 1 aromatic rings. The maximum atomic E-state index is 11.0. The number of hydrogen-bond donors (Lipinski definition) is 0. The molecule has 1 heterocycles. The maximum Gasteiger partial charge on any atom is 3.00 e. The molecule has 10 nitrogen and oxygen atoms in total. The molecule has 1 aliphatic heterocycles. The Morgan fingerprint density at radius 1 is 0.446 bits per heavy atom. The molecule has 0 unspecified atom stereocenters. The van der Waals surface area contributed by atoms with Gasteiger partial charge in [0.15, 0.2) is 0 Å². The molecule has 1 aliphatic rings. The second kappa shape index (κ2) is 36.9. The number of nitrogens with zero attached hydrogens (tertiary/aromatic N) is 3. The normalized spacial score (nSPS) is 15.9. The first kappa shape index (κ1) is 67.5. The molecule has 2 rings (SSSR count). The van der Waals surface area contributed by atoms with E-state index in [1.165, 1.54) is 5.56 Å². The van der Waals surface area contributed by atoms with Crippen LogP contribution in [-0.2, 0) is 61.1 Å². The Kier molecular flexibility index (Phi) is 44.5. The maximum absolute atomic E-state index is 11.0. The summed E-state index contributed by atoms with van der Waals surface area (Å²) in [6.45, 7) is 50.5. The number of ether oxygens (including phenoxy) is 6. The summed E-state index contributed by atoms with van der Waals surface area (Å²) < 4.78 is 46.2. The van der Waals surface area contributed by atoms with Crippen LogP contribution in [0.5, 0.6) is 0 Å². The first-order chi connectivity index (χ1) is 24.5. The summed E-state index contributed by atoms with van der Waals surface area (Å²) in [4.78, 5) is 0.